The van der Waals surface area contributed by atoms with Crippen LogP contribution in [-0.2, 0) is 9.53 Å². The Kier molecular flexibility index (Phi) is 4.56. The normalized spacial score (nSPS) is 34.4. The van der Waals surface area contributed by atoms with Gasteiger partial charge in [-0.2, -0.15) is 0 Å². The monoisotopic (exact) mass is 314 g/mol. The van der Waals surface area contributed by atoms with E-state index in [1.54, 1.807) is 12.1 Å². The average Bonchev–Trinajstić information content (AvgIpc) is 2.93. The number of esters is 1. The molecule has 0 unspecified atom stereocenters. The number of benzene rings is 1. The van der Waals surface area contributed by atoms with Gasteiger partial charge in [-0.15, -0.1) is 0 Å². The molecule has 0 spiro atoms. The third-order valence-electron chi connectivity index (χ3n) is 6.25. The molecular formula is C20H26O3. The molecule has 0 heterocycles. The van der Waals surface area contributed by atoms with Crippen molar-refractivity contribution >= 4 is 12.3 Å². The second-order valence-corrected chi connectivity index (χ2v) is 7.49. The molecule has 2 fully saturated rings. The van der Waals surface area contributed by atoms with Gasteiger partial charge in [0.1, 0.15) is 12.4 Å². The van der Waals surface area contributed by atoms with E-state index in [1.807, 2.05) is 25.1 Å². The van der Waals surface area contributed by atoms with Crippen LogP contribution in [0.5, 0.6) is 0 Å². The van der Waals surface area contributed by atoms with Crippen LogP contribution in [0.4, 0.5) is 0 Å². The van der Waals surface area contributed by atoms with Gasteiger partial charge in [0, 0.05) is 11.8 Å². The van der Waals surface area contributed by atoms with Crippen molar-refractivity contribution in [3.63, 3.8) is 0 Å². The molecule has 1 aromatic rings. The van der Waals surface area contributed by atoms with Gasteiger partial charge in [0.05, 0.1) is 5.56 Å². The number of fused-ring (bicyclic) bond motifs is 1. The molecule has 0 amide bonds. The SMILES string of the molecule is C[C@H](C=O)[C@@H]1CC[C@@H]2[C@@H](OC(=O)c3ccccc3)CCC[C@@]21C. The van der Waals surface area contributed by atoms with Gasteiger partial charge in [0.15, 0.2) is 0 Å². The van der Waals surface area contributed by atoms with Crippen LogP contribution in [-0.4, -0.2) is 18.4 Å². The van der Waals surface area contributed by atoms with Crippen molar-refractivity contribution in [1.82, 2.24) is 0 Å². The highest BCUT2D eigenvalue weighted by molar-refractivity contribution is 5.89. The summed E-state index contributed by atoms with van der Waals surface area (Å²) in [6, 6.07) is 9.22. The first-order chi connectivity index (χ1) is 11.1. The summed E-state index contributed by atoms with van der Waals surface area (Å²) in [5.74, 6) is 0.680. The van der Waals surface area contributed by atoms with E-state index in [0.29, 0.717) is 17.4 Å². The van der Waals surface area contributed by atoms with E-state index in [0.717, 1.165) is 38.4 Å². The van der Waals surface area contributed by atoms with E-state index in [4.69, 9.17) is 4.74 Å². The van der Waals surface area contributed by atoms with E-state index < -0.39 is 0 Å². The quantitative estimate of drug-likeness (QED) is 0.616. The predicted molar refractivity (Wildman–Crippen MR) is 89.0 cm³/mol. The zero-order valence-corrected chi connectivity index (χ0v) is 14.0. The second-order valence-electron chi connectivity index (χ2n) is 7.49. The predicted octanol–water partition coefficient (Wildman–Crippen LogP) is 4.26. The lowest BCUT2D eigenvalue weighted by Crippen LogP contribution is -2.43. The lowest BCUT2D eigenvalue weighted by molar-refractivity contribution is -0.114. The highest BCUT2D eigenvalue weighted by Crippen LogP contribution is 2.58. The minimum absolute atomic E-state index is 0.00897. The van der Waals surface area contributed by atoms with Crippen LogP contribution in [0.2, 0.25) is 0 Å². The van der Waals surface area contributed by atoms with E-state index in [-0.39, 0.29) is 23.4 Å². The van der Waals surface area contributed by atoms with Gasteiger partial charge >= 0.3 is 5.97 Å². The van der Waals surface area contributed by atoms with Crippen molar-refractivity contribution in [2.75, 3.05) is 0 Å². The maximum Gasteiger partial charge on any atom is 0.338 e. The van der Waals surface area contributed by atoms with Crippen molar-refractivity contribution < 1.29 is 14.3 Å². The van der Waals surface area contributed by atoms with Crippen LogP contribution >= 0.6 is 0 Å². The van der Waals surface area contributed by atoms with Crippen molar-refractivity contribution in [3.8, 4) is 0 Å². The number of ether oxygens (including phenoxy) is 1. The fourth-order valence-electron chi connectivity index (χ4n) is 5.04. The van der Waals surface area contributed by atoms with Gasteiger partial charge in [0.2, 0.25) is 0 Å². The van der Waals surface area contributed by atoms with Crippen LogP contribution < -0.4 is 0 Å². The van der Waals surface area contributed by atoms with E-state index in [1.165, 1.54) is 0 Å². The van der Waals surface area contributed by atoms with Gasteiger partial charge in [0.25, 0.3) is 0 Å². The summed E-state index contributed by atoms with van der Waals surface area (Å²) in [7, 11) is 0. The Morgan fingerprint density at radius 3 is 2.70 bits per heavy atom. The molecule has 3 heteroatoms. The smallest absolute Gasteiger partial charge is 0.338 e. The van der Waals surface area contributed by atoms with Gasteiger partial charge in [-0.1, -0.05) is 32.0 Å². The van der Waals surface area contributed by atoms with E-state index in [2.05, 4.69) is 6.92 Å². The Morgan fingerprint density at radius 1 is 1.26 bits per heavy atom. The molecule has 23 heavy (non-hydrogen) atoms. The molecule has 5 atom stereocenters. The highest BCUT2D eigenvalue weighted by atomic mass is 16.5. The number of hydrogen-bond acceptors (Lipinski definition) is 3. The Labute approximate surface area is 138 Å². The molecule has 0 radical (unpaired) electrons. The van der Waals surface area contributed by atoms with Crippen LogP contribution in [0, 0.1) is 23.2 Å². The lowest BCUT2D eigenvalue weighted by Gasteiger charge is -2.45. The number of carbonyl (C=O) groups is 2. The number of aldehydes is 1. The molecule has 0 bridgehead atoms. The van der Waals surface area contributed by atoms with Gasteiger partial charge in [-0.25, -0.2) is 4.79 Å². The zero-order chi connectivity index (χ0) is 16.4. The summed E-state index contributed by atoms with van der Waals surface area (Å²) in [6.07, 6.45) is 6.37. The third kappa shape index (κ3) is 2.93. The van der Waals surface area contributed by atoms with Crippen molar-refractivity contribution in [1.29, 1.82) is 0 Å². The molecule has 0 aliphatic heterocycles. The Morgan fingerprint density at radius 2 is 2.00 bits per heavy atom. The summed E-state index contributed by atoms with van der Waals surface area (Å²) in [6.45, 7) is 4.34. The molecular weight excluding hydrogens is 288 g/mol. The molecule has 3 nitrogen and oxygen atoms in total. The summed E-state index contributed by atoms with van der Waals surface area (Å²) >= 11 is 0. The second kappa shape index (κ2) is 6.46. The van der Waals surface area contributed by atoms with E-state index >= 15 is 0 Å². The summed E-state index contributed by atoms with van der Waals surface area (Å²) in [5, 5.41) is 0. The van der Waals surface area contributed by atoms with Crippen LogP contribution in [0.1, 0.15) is 56.3 Å². The Hall–Kier alpha value is -1.64. The molecule has 2 aliphatic carbocycles. The fraction of sp³-hybridized carbons (Fsp3) is 0.600. The minimum atomic E-state index is -0.216. The summed E-state index contributed by atoms with van der Waals surface area (Å²) < 4.78 is 5.89. The minimum Gasteiger partial charge on any atom is -0.458 e. The standard InChI is InChI=1S/C20H26O3/c1-14(13-21)16-10-11-17-18(9-6-12-20(16,17)2)23-19(22)15-7-4-3-5-8-15/h3-5,7-8,13-14,16-18H,6,9-12H2,1-2H3/t14-,16+,17-,18+,20-/m1/s1. The Balaban J connectivity index is 1.75. The largest absolute Gasteiger partial charge is 0.458 e. The zero-order valence-electron chi connectivity index (χ0n) is 14.0. The number of carbonyl (C=O) groups excluding carboxylic acids is 2. The molecule has 2 aliphatic rings. The lowest BCUT2D eigenvalue weighted by atomic mass is 9.62. The van der Waals surface area contributed by atoms with Gasteiger partial charge in [-0.05, 0) is 55.6 Å². The van der Waals surface area contributed by atoms with Crippen LogP contribution in [0.3, 0.4) is 0 Å². The summed E-state index contributed by atoms with van der Waals surface area (Å²) in [4.78, 5) is 23.7. The number of hydrogen-bond donors (Lipinski definition) is 0. The van der Waals surface area contributed by atoms with Gasteiger partial charge in [-0.3, -0.25) is 0 Å². The number of rotatable bonds is 4. The molecule has 0 saturated heterocycles. The van der Waals surface area contributed by atoms with Crippen molar-refractivity contribution in [2.45, 2.75) is 52.1 Å². The van der Waals surface area contributed by atoms with Gasteiger partial charge < -0.3 is 9.53 Å². The topological polar surface area (TPSA) is 43.4 Å². The van der Waals surface area contributed by atoms with Crippen molar-refractivity contribution in [3.05, 3.63) is 35.9 Å². The van der Waals surface area contributed by atoms with Crippen LogP contribution in [0.15, 0.2) is 30.3 Å². The molecule has 0 aromatic heterocycles. The Bertz CT molecular complexity index is 568. The highest BCUT2D eigenvalue weighted by Gasteiger charge is 2.53. The maximum atomic E-state index is 12.4. The van der Waals surface area contributed by atoms with Crippen LogP contribution in [0.25, 0.3) is 0 Å². The average molecular weight is 314 g/mol. The molecule has 2 saturated carbocycles. The third-order valence-corrected chi connectivity index (χ3v) is 6.25. The first kappa shape index (κ1) is 16.2. The first-order valence-electron chi connectivity index (χ1n) is 8.77. The van der Waals surface area contributed by atoms with E-state index in [9.17, 15) is 9.59 Å². The molecule has 1 aromatic carbocycles. The summed E-state index contributed by atoms with van der Waals surface area (Å²) in [5.41, 5.74) is 0.746. The van der Waals surface area contributed by atoms with Crippen molar-refractivity contribution in [2.24, 2.45) is 23.2 Å². The molecule has 0 N–H and O–H groups in total. The molecule has 124 valence electrons. The molecule has 3 rings (SSSR count). The maximum absolute atomic E-state index is 12.4. The first-order valence-corrected chi connectivity index (χ1v) is 8.77. The fourth-order valence-corrected chi connectivity index (χ4v) is 5.04.